The van der Waals surface area contributed by atoms with Gasteiger partial charge in [-0.3, -0.25) is 4.57 Å². The van der Waals surface area contributed by atoms with E-state index in [4.69, 9.17) is 4.74 Å². The van der Waals surface area contributed by atoms with Crippen LogP contribution in [0.2, 0.25) is 0 Å². The molecule has 1 N–H and O–H groups in total. The summed E-state index contributed by atoms with van der Waals surface area (Å²) in [7, 11) is 3.76. The average Bonchev–Trinajstić information content (AvgIpc) is 2.34. The Morgan fingerprint density at radius 1 is 1.73 bits per heavy atom. The Hall–Kier alpha value is -1.19. The van der Waals surface area contributed by atoms with Gasteiger partial charge in [0, 0.05) is 14.1 Å². The molecule has 0 unspecified atom stereocenters. The molecular weight excluding hydrogens is 142 g/mol. The lowest BCUT2D eigenvalue weighted by molar-refractivity contribution is 0.303. The molecule has 4 nitrogen and oxygen atoms in total. The highest BCUT2D eigenvalue weighted by molar-refractivity contribution is 5.35. The minimum absolute atomic E-state index is 0.647. The lowest BCUT2D eigenvalue weighted by atomic mass is 10.7. The van der Waals surface area contributed by atoms with Crippen LogP contribution in [0.3, 0.4) is 0 Å². The Kier molecular flexibility index (Phi) is 2.36. The SMILES string of the molecule is CCOc1ncc(NC)n1C. The van der Waals surface area contributed by atoms with Crippen LogP contribution in [-0.4, -0.2) is 23.2 Å². The maximum Gasteiger partial charge on any atom is 0.297 e. The minimum Gasteiger partial charge on any atom is -0.465 e. The van der Waals surface area contributed by atoms with E-state index in [-0.39, 0.29) is 0 Å². The van der Waals surface area contributed by atoms with Crippen LogP contribution >= 0.6 is 0 Å². The van der Waals surface area contributed by atoms with Gasteiger partial charge in [-0.15, -0.1) is 0 Å². The summed E-state index contributed by atoms with van der Waals surface area (Å²) in [5.74, 6) is 0.952. The van der Waals surface area contributed by atoms with Gasteiger partial charge >= 0.3 is 0 Å². The van der Waals surface area contributed by atoms with E-state index in [9.17, 15) is 0 Å². The Morgan fingerprint density at radius 2 is 2.45 bits per heavy atom. The third-order valence-corrected chi connectivity index (χ3v) is 1.48. The van der Waals surface area contributed by atoms with E-state index in [1.165, 1.54) is 0 Å². The normalized spacial score (nSPS) is 9.73. The van der Waals surface area contributed by atoms with E-state index >= 15 is 0 Å². The van der Waals surface area contributed by atoms with Crippen molar-refractivity contribution in [2.45, 2.75) is 6.92 Å². The first-order chi connectivity index (χ1) is 5.29. The van der Waals surface area contributed by atoms with Crippen molar-refractivity contribution in [2.24, 2.45) is 7.05 Å². The van der Waals surface area contributed by atoms with Gasteiger partial charge in [-0.25, -0.2) is 4.98 Å². The number of aromatic nitrogens is 2. The summed E-state index contributed by atoms with van der Waals surface area (Å²) in [4.78, 5) is 4.05. The summed E-state index contributed by atoms with van der Waals surface area (Å²) in [6.07, 6.45) is 1.74. The summed E-state index contributed by atoms with van der Waals surface area (Å²) in [5.41, 5.74) is 0. The van der Waals surface area contributed by atoms with Crippen LogP contribution in [0.25, 0.3) is 0 Å². The molecule has 0 atom stereocenters. The first-order valence-electron chi connectivity index (χ1n) is 3.61. The molecule has 1 aromatic rings. The smallest absolute Gasteiger partial charge is 0.297 e. The highest BCUT2D eigenvalue weighted by atomic mass is 16.5. The predicted octanol–water partition coefficient (Wildman–Crippen LogP) is 0.860. The van der Waals surface area contributed by atoms with Gasteiger partial charge in [0.2, 0.25) is 0 Å². The maximum absolute atomic E-state index is 5.23. The Morgan fingerprint density at radius 3 is 2.91 bits per heavy atom. The molecule has 0 saturated carbocycles. The molecule has 11 heavy (non-hydrogen) atoms. The van der Waals surface area contributed by atoms with Crippen LogP contribution in [0.15, 0.2) is 6.20 Å². The van der Waals surface area contributed by atoms with Crippen molar-refractivity contribution in [2.75, 3.05) is 19.0 Å². The van der Waals surface area contributed by atoms with Crippen LogP contribution in [0.1, 0.15) is 6.92 Å². The van der Waals surface area contributed by atoms with Crippen molar-refractivity contribution in [3.8, 4) is 6.01 Å². The van der Waals surface area contributed by atoms with E-state index in [2.05, 4.69) is 10.3 Å². The second-order valence-corrected chi connectivity index (χ2v) is 2.17. The lowest BCUT2D eigenvalue weighted by Crippen LogP contribution is -2.01. The zero-order valence-electron chi connectivity index (χ0n) is 7.09. The van der Waals surface area contributed by atoms with Gasteiger partial charge in [0.25, 0.3) is 6.01 Å². The molecule has 0 fully saturated rings. The molecule has 1 heterocycles. The van der Waals surface area contributed by atoms with Crippen LogP contribution < -0.4 is 10.1 Å². The number of rotatable bonds is 3. The molecule has 0 radical (unpaired) electrons. The molecular formula is C7H13N3O. The lowest BCUT2D eigenvalue weighted by Gasteiger charge is -2.03. The first kappa shape index (κ1) is 7.91. The first-order valence-corrected chi connectivity index (χ1v) is 3.61. The quantitative estimate of drug-likeness (QED) is 0.703. The van der Waals surface area contributed by atoms with Gasteiger partial charge in [0.15, 0.2) is 0 Å². The van der Waals surface area contributed by atoms with E-state index in [1.54, 1.807) is 6.20 Å². The van der Waals surface area contributed by atoms with Crippen molar-refractivity contribution in [3.63, 3.8) is 0 Å². The average molecular weight is 155 g/mol. The molecule has 1 rings (SSSR count). The highest BCUT2D eigenvalue weighted by Crippen LogP contribution is 2.13. The third kappa shape index (κ3) is 1.45. The molecule has 4 heteroatoms. The second kappa shape index (κ2) is 3.27. The molecule has 0 aromatic carbocycles. The summed E-state index contributed by atoms with van der Waals surface area (Å²) in [6.45, 7) is 2.59. The molecule has 0 bridgehead atoms. The van der Waals surface area contributed by atoms with Crippen molar-refractivity contribution in [1.29, 1.82) is 0 Å². The van der Waals surface area contributed by atoms with Crippen molar-refractivity contribution >= 4 is 5.82 Å². The van der Waals surface area contributed by atoms with Gasteiger partial charge in [0.05, 0.1) is 12.8 Å². The summed E-state index contributed by atoms with van der Waals surface area (Å²) < 4.78 is 7.10. The van der Waals surface area contributed by atoms with Crippen molar-refractivity contribution < 1.29 is 4.74 Å². The van der Waals surface area contributed by atoms with E-state index < -0.39 is 0 Å². The largest absolute Gasteiger partial charge is 0.465 e. The summed E-state index contributed by atoms with van der Waals surface area (Å²) in [5, 5.41) is 2.99. The fourth-order valence-corrected chi connectivity index (χ4v) is 0.888. The van der Waals surface area contributed by atoms with E-state index in [0.717, 1.165) is 5.82 Å². The molecule has 0 aliphatic rings. The van der Waals surface area contributed by atoms with E-state index in [1.807, 2.05) is 25.6 Å². The number of hydrogen-bond acceptors (Lipinski definition) is 3. The van der Waals surface area contributed by atoms with Gasteiger partial charge in [-0.1, -0.05) is 0 Å². The number of ether oxygens (including phenoxy) is 1. The molecule has 0 amide bonds. The number of hydrogen-bond donors (Lipinski definition) is 1. The molecule has 62 valence electrons. The molecule has 0 spiro atoms. The fourth-order valence-electron chi connectivity index (χ4n) is 0.888. The third-order valence-electron chi connectivity index (χ3n) is 1.48. The van der Waals surface area contributed by atoms with Gasteiger partial charge in [0.1, 0.15) is 5.82 Å². The van der Waals surface area contributed by atoms with Crippen molar-refractivity contribution in [3.05, 3.63) is 6.20 Å². The Balaban J connectivity index is 2.82. The van der Waals surface area contributed by atoms with Crippen LogP contribution in [0.4, 0.5) is 5.82 Å². The minimum atomic E-state index is 0.647. The number of nitrogens with one attached hydrogen (secondary N) is 1. The molecule has 1 aromatic heterocycles. The zero-order valence-corrected chi connectivity index (χ0v) is 7.09. The zero-order chi connectivity index (χ0) is 8.27. The Bertz CT molecular complexity index is 232. The van der Waals surface area contributed by atoms with Gasteiger partial charge in [-0.2, -0.15) is 0 Å². The van der Waals surface area contributed by atoms with Crippen LogP contribution in [-0.2, 0) is 7.05 Å². The van der Waals surface area contributed by atoms with Gasteiger partial charge in [-0.05, 0) is 6.92 Å². The van der Waals surface area contributed by atoms with Crippen LogP contribution in [0.5, 0.6) is 6.01 Å². The highest BCUT2D eigenvalue weighted by Gasteiger charge is 2.03. The van der Waals surface area contributed by atoms with Gasteiger partial charge < -0.3 is 10.1 Å². The van der Waals surface area contributed by atoms with E-state index in [0.29, 0.717) is 12.6 Å². The molecule has 0 saturated heterocycles. The number of imidazole rings is 1. The second-order valence-electron chi connectivity index (χ2n) is 2.17. The van der Waals surface area contributed by atoms with Crippen molar-refractivity contribution in [1.82, 2.24) is 9.55 Å². The number of anilines is 1. The predicted molar refractivity (Wildman–Crippen MR) is 43.9 cm³/mol. The fraction of sp³-hybridized carbons (Fsp3) is 0.571. The monoisotopic (exact) mass is 155 g/mol. The Labute approximate surface area is 66.2 Å². The standard InChI is InChI=1S/C7H13N3O/c1-4-11-7-9-5-6(8-2)10(7)3/h5,8H,4H2,1-3H3. The molecule has 0 aliphatic carbocycles. The van der Waals surface area contributed by atoms with Crippen LogP contribution in [0, 0.1) is 0 Å². The maximum atomic E-state index is 5.23. The summed E-state index contributed by atoms with van der Waals surface area (Å²) in [6, 6.07) is 0.650. The summed E-state index contributed by atoms with van der Waals surface area (Å²) >= 11 is 0. The number of nitrogens with zero attached hydrogens (tertiary/aromatic N) is 2. The molecule has 0 aliphatic heterocycles. The topological polar surface area (TPSA) is 39.1 Å².